The number of rotatable bonds is 1. The highest BCUT2D eigenvalue weighted by Gasteiger charge is 2.16. The van der Waals surface area contributed by atoms with Gasteiger partial charge in [-0.2, -0.15) is 5.10 Å². The molecule has 0 N–H and O–H groups in total. The Balaban J connectivity index is 2.36. The molecule has 82 valence electrons. The van der Waals surface area contributed by atoms with Crippen LogP contribution in [0.25, 0.3) is 5.57 Å². The van der Waals surface area contributed by atoms with Gasteiger partial charge in [-0.05, 0) is 40.8 Å². The summed E-state index contributed by atoms with van der Waals surface area (Å²) >= 11 is 9.75. The number of halogens is 2. The first-order valence-corrected chi connectivity index (χ1v) is 6.44. The third-order valence-electron chi connectivity index (χ3n) is 2.76. The van der Waals surface area contributed by atoms with Gasteiger partial charge in [-0.15, -0.1) is 11.6 Å². The summed E-state index contributed by atoms with van der Waals surface area (Å²) < 4.78 is 2.97. The van der Waals surface area contributed by atoms with Gasteiger partial charge in [0.05, 0.1) is 21.7 Å². The molecule has 0 aromatic carbocycles. The molecule has 1 aromatic rings. The van der Waals surface area contributed by atoms with Gasteiger partial charge in [-0.1, -0.05) is 12.5 Å². The van der Waals surface area contributed by atoms with Crippen molar-refractivity contribution in [3.05, 3.63) is 22.4 Å². The number of aryl methyl sites for hydroxylation is 1. The number of alkyl halides is 1. The molecule has 0 saturated carbocycles. The van der Waals surface area contributed by atoms with Gasteiger partial charge in [0.15, 0.2) is 0 Å². The van der Waals surface area contributed by atoms with E-state index in [-0.39, 0.29) is 5.38 Å². The summed E-state index contributed by atoms with van der Waals surface area (Å²) in [6.45, 7) is 0. The van der Waals surface area contributed by atoms with Gasteiger partial charge in [0.2, 0.25) is 0 Å². The molecule has 1 aliphatic carbocycles. The van der Waals surface area contributed by atoms with Crippen molar-refractivity contribution in [2.75, 3.05) is 0 Å². The van der Waals surface area contributed by atoms with Crippen LogP contribution in [0.3, 0.4) is 0 Å². The topological polar surface area (TPSA) is 17.8 Å². The van der Waals surface area contributed by atoms with Crippen LogP contribution in [0, 0.1) is 0 Å². The van der Waals surface area contributed by atoms with Crippen molar-refractivity contribution in [1.82, 2.24) is 9.78 Å². The maximum atomic E-state index is 6.22. The molecular formula is C11H14BrClN2. The van der Waals surface area contributed by atoms with E-state index in [0.717, 1.165) is 17.3 Å². The summed E-state index contributed by atoms with van der Waals surface area (Å²) in [7, 11) is 1.97. The Morgan fingerprint density at radius 1 is 1.53 bits per heavy atom. The second-order valence-electron chi connectivity index (χ2n) is 3.92. The average molecular weight is 290 g/mol. The zero-order valence-electron chi connectivity index (χ0n) is 8.71. The van der Waals surface area contributed by atoms with Crippen LogP contribution >= 0.6 is 27.5 Å². The van der Waals surface area contributed by atoms with Crippen LogP contribution in [0.1, 0.15) is 31.4 Å². The number of aromatic nitrogens is 2. The van der Waals surface area contributed by atoms with Gasteiger partial charge in [-0.25, -0.2) is 0 Å². The van der Waals surface area contributed by atoms with Gasteiger partial charge >= 0.3 is 0 Å². The van der Waals surface area contributed by atoms with Gasteiger partial charge in [0.25, 0.3) is 0 Å². The standard InChI is InChI=1S/C11H14BrClN2/c1-15-11(10(12)7-14-15)8-4-2-3-5-9(13)6-8/h6-7,9H,2-5H2,1H3. The summed E-state index contributed by atoms with van der Waals surface area (Å²) in [6.07, 6.45) is 8.62. The summed E-state index contributed by atoms with van der Waals surface area (Å²) in [5, 5.41) is 4.40. The molecule has 0 fully saturated rings. The van der Waals surface area contributed by atoms with Crippen LogP contribution in [0.4, 0.5) is 0 Å². The molecule has 0 saturated heterocycles. The van der Waals surface area contributed by atoms with E-state index in [4.69, 9.17) is 11.6 Å². The van der Waals surface area contributed by atoms with Crippen LogP contribution in [0.2, 0.25) is 0 Å². The number of nitrogens with zero attached hydrogens (tertiary/aromatic N) is 2. The van der Waals surface area contributed by atoms with E-state index in [1.807, 2.05) is 17.9 Å². The molecule has 1 heterocycles. The Labute approximate surface area is 103 Å². The van der Waals surface area contributed by atoms with E-state index in [9.17, 15) is 0 Å². The monoisotopic (exact) mass is 288 g/mol. The van der Waals surface area contributed by atoms with E-state index >= 15 is 0 Å². The molecule has 4 heteroatoms. The van der Waals surface area contributed by atoms with Gasteiger partial charge < -0.3 is 0 Å². The predicted molar refractivity (Wildman–Crippen MR) is 67.0 cm³/mol. The van der Waals surface area contributed by atoms with Crippen LogP contribution in [0.5, 0.6) is 0 Å². The van der Waals surface area contributed by atoms with E-state index in [0.29, 0.717) is 0 Å². The molecule has 0 radical (unpaired) electrons. The maximum absolute atomic E-state index is 6.22. The second kappa shape index (κ2) is 4.71. The zero-order chi connectivity index (χ0) is 10.8. The van der Waals surface area contributed by atoms with Crippen LogP contribution < -0.4 is 0 Å². The number of hydrogen-bond donors (Lipinski definition) is 0. The Morgan fingerprint density at radius 2 is 2.33 bits per heavy atom. The molecular weight excluding hydrogens is 275 g/mol. The van der Waals surface area contributed by atoms with Crippen molar-refractivity contribution >= 4 is 33.1 Å². The minimum Gasteiger partial charge on any atom is -0.267 e. The average Bonchev–Trinajstić information content (AvgIpc) is 2.40. The quantitative estimate of drug-likeness (QED) is 0.720. The van der Waals surface area contributed by atoms with E-state index in [2.05, 4.69) is 27.1 Å². The molecule has 0 bridgehead atoms. The van der Waals surface area contributed by atoms with Crippen LogP contribution in [0.15, 0.2) is 16.7 Å². The lowest BCUT2D eigenvalue weighted by Gasteiger charge is -2.07. The third-order valence-corrected chi connectivity index (χ3v) is 3.68. The van der Waals surface area contributed by atoms with Crippen molar-refractivity contribution in [2.24, 2.45) is 7.05 Å². The summed E-state index contributed by atoms with van der Waals surface area (Å²) in [4.78, 5) is 0. The largest absolute Gasteiger partial charge is 0.267 e. The fourth-order valence-electron chi connectivity index (χ4n) is 2.01. The third kappa shape index (κ3) is 2.45. The van der Waals surface area contributed by atoms with E-state index in [1.165, 1.54) is 24.1 Å². The maximum Gasteiger partial charge on any atom is 0.0778 e. The molecule has 1 aromatic heterocycles. The van der Waals surface area contributed by atoms with Crippen molar-refractivity contribution in [1.29, 1.82) is 0 Å². The summed E-state index contributed by atoms with van der Waals surface area (Å²) in [6, 6.07) is 0. The Bertz CT molecular complexity index is 364. The lowest BCUT2D eigenvalue weighted by atomic mass is 10.1. The predicted octanol–water partition coefficient (Wildman–Crippen LogP) is 3.75. The van der Waals surface area contributed by atoms with Gasteiger partial charge in [0, 0.05) is 7.05 Å². The van der Waals surface area contributed by atoms with Gasteiger partial charge in [0.1, 0.15) is 0 Å². The second-order valence-corrected chi connectivity index (χ2v) is 5.33. The number of allylic oxidation sites excluding steroid dienone is 2. The molecule has 0 spiro atoms. The first-order valence-electron chi connectivity index (χ1n) is 5.21. The van der Waals surface area contributed by atoms with Crippen molar-refractivity contribution in [3.8, 4) is 0 Å². The first kappa shape index (κ1) is 11.2. The fourth-order valence-corrected chi connectivity index (χ4v) is 2.92. The van der Waals surface area contributed by atoms with Crippen molar-refractivity contribution < 1.29 is 0 Å². The minimum atomic E-state index is 0.171. The highest BCUT2D eigenvalue weighted by molar-refractivity contribution is 9.10. The highest BCUT2D eigenvalue weighted by Crippen LogP contribution is 2.31. The molecule has 1 aliphatic rings. The summed E-state index contributed by atoms with van der Waals surface area (Å²) in [5.41, 5.74) is 2.49. The van der Waals surface area contributed by atoms with Crippen LogP contribution in [-0.4, -0.2) is 15.2 Å². The Hall–Kier alpha value is -0.280. The van der Waals surface area contributed by atoms with E-state index in [1.54, 1.807) is 0 Å². The van der Waals surface area contributed by atoms with Gasteiger partial charge in [-0.3, -0.25) is 4.68 Å². The smallest absolute Gasteiger partial charge is 0.0778 e. The SMILES string of the molecule is Cn1ncc(Br)c1C1=CC(Cl)CCCC1. The normalized spacial score (nSPS) is 22.3. The lowest BCUT2D eigenvalue weighted by molar-refractivity contribution is 0.716. The first-order chi connectivity index (χ1) is 7.18. The molecule has 2 rings (SSSR count). The Kier molecular flexibility index (Phi) is 3.52. The van der Waals surface area contributed by atoms with Crippen molar-refractivity contribution in [3.63, 3.8) is 0 Å². The Morgan fingerprint density at radius 3 is 3.00 bits per heavy atom. The van der Waals surface area contributed by atoms with Crippen LogP contribution in [-0.2, 0) is 7.05 Å². The molecule has 0 amide bonds. The lowest BCUT2D eigenvalue weighted by Crippen LogP contribution is -1.99. The molecule has 15 heavy (non-hydrogen) atoms. The molecule has 0 aliphatic heterocycles. The molecule has 1 atom stereocenters. The minimum absolute atomic E-state index is 0.171. The van der Waals surface area contributed by atoms with E-state index < -0.39 is 0 Å². The molecule has 2 nitrogen and oxygen atoms in total. The zero-order valence-corrected chi connectivity index (χ0v) is 11.1. The number of hydrogen-bond acceptors (Lipinski definition) is 1. The highest BCUT2D eigenvalue weighted by atomic mass is 79.9. The fraction of sp³-hybridized carbons (Fsp3) is 0.545. The summed E-state index contributed by atoms with van der Waals surface area (Å²) in [5.74, 6) is 0. The van der Waals surface area contributed by atoms with Crippen molar-refractivity contribution in [2.45, 2.75) is 31.1 Å². The molecule has 1 unspecified atom stereocenters.